The number of ether oxygens (including phenoxy) is 1. The lowest BCUT2D eigenvalue weighted by atomic mass is 10.2. The monoisotopic (exact) mass is 299 g/mol. The molecule has 0 fully saturated rings. The minimum absolute atomic E-state index is 0.318. The summed E-state index contributed by atoms with van der Waals surface area (Å²) in [4.78, 5) is 15.9. The van der Waals surface area contributed by atoms with E-state index in [0.29, 0.717) is 5.82 Å². The minimum Gasteiger partial charge on any atom is -0.496 e. The van der Waals surface area contributed by atoms with Crippen molar-refractivity contribution in [3.05, 3.63) is 59.0 Å². The molecule has 21 heavy (non-hydrogen) atoms. The van der Waals surface area contributed by atoms with Gasteiger partial charge in [0.15, 0.2) is 5.82 Å². The van der Waals surface area contributed by atoms with Crippen molar-refractivity contribution < 1.29 is 4.74 Å². The van der Waals surface area contributed by atoms with Crippen molar-refractivity contribution in [3.8, 4) is 17.1 Å². The number of H-pyrrole nitrogens is 2. The van der Waals surface area contributed by atoms with Crippen LogP contribution in [0, 0.1) is 0 Å². The van der Waals surface area contributed by atoms with Gasteiger partial charge >= 0.3 is 5.69 Å². The highest BCUT2D eigenvalue weighted by atomic mass is 32.2. The van der Waals surface area contributed by atoms with Crippen molar-refractivity contribution in [1.29, 1.82) is 0 Å². The lowest BCUT2D eigenvalue weighted by Crippen LogP contribution is -2.00. The van der Waals surface area contributed by atoms with Gasteiger partial charge in [0.25, 0.3) is 0 Å². The van der Waals surface area contributed by atoms with E-state index in [1.54, 1.807) is 18.9 Å². The summed E-state index contributed by atoms with van der Waals surface area (Å²) in [6.45, 7) is 0. The summed E-state index contributed by atoms with van der Waals surface area (Å²) in [5.41, 5.74) is 0.550. The quantitative estimate of drug-likeness (QED) is 0.777. The van der Waals surface area contributed by atoms with Gasteiger partial charge in [-0.3, -0.25) is 4.98 Å². The van der Waals surface area contributed by atoms with Crippen molar-refractivity contribution in [2.75, 3.05) is 7.11 Å². The van der Waals surface area contributed by atoms with Crippen LogP contribution in [-0.4, -0.2) is 22.3 Å². The molecule has 3 rings (SSSR count). The molecule has 5 nitrogen and oxygen atoms in total. The van der Waals surface area contributed by atoms with E-state index in [-0.39, 0.29) is 5.69 Å². The summed E-state index contributed by atoms with van der Waals surface area (Å²) in [5.74, 6) is 1.34. The fraction of sp³-hybridized carbons (Fsp3) is 0.0667. The molecule has 1 aromatic heterocycles. The Bertz CT molecular complexity index is 810. The van der Waals surface area contributed by atoms with E-state index in [4.69, 9.17) is 4.74 Å². The van der Waals surface area contributed by atoms with Gasteiger partial charge in [-0.05, 0) is 18.2 Å². The number of nitrogens with zero attached hydrogens (tertiary/aromatic N) is 1. The number of hydrogen-bond donors (Lipinski definition) is 2. The predicted octanol–water partition coefficient (Wildman–Crippen LogP) is 2.92. The second-order valence-electron chi connectivity index (χ2n) is 4.28. The lowest BCUT2D eigenvalue weighted by molar-refractivity contribution is 0.405. The molecule has 1 heterocycles. The molecule has 0 radical (unpaired) electrons. The second kappa shape index (κ2) is 5.88. The van der Waals surface area contributed by atoms with Gasteiger partial charge in [-0.2, -0.15) is 5.10 Å². The Hall–Kier alpha value is -2.47. The summed E-state index contributed by atoms with van der Waals surface area (Å²) in [5, 5.41) is 6.38. The molecule has 0 bridgehead atoms. The third-order valence-electron chi connectivity index (χ3n) is 2.93. The van der Waals surface area contributed by atoms with Crippen LogP contribution in [0.1, 0.15) is 0 Å². The largest absolute Gasteiger partial charge is 0.496 e. The predicted molar refractivity (Wildman–Crippen MR) is 81.8 cm³/mol. The summed E-state index contributed by atoms with van der Waals surface area (Å²) >= 11 is 1.57. The van der Waals surface area contributed by atoms with Crippen LogP contribution in [0.5, 0.6) is 5.75 Å². The Morgan fingerprint density at radius 2 is 1.76 bits per heavy atom. The molecule has 106 valence electrons. The highest BCUT2D eigenvalue weighted by Gasteiger charge is 2.11. The molecule has 0 aliphatic heterocycles. The third-order valence-corrected chi connectivity index (χ3v) is 4.07. The first-order chi connectivity index (χ1) is 10.3. The second-order valence-corrected chi connectivity index (χ2v) is 5.36. The highest BCUT2D eigenvalue weighted by Crippen LogP contribution is 2.38. The van der Waals surface area contributed by atoms with Crippen LogP contribution in [0.4, 0.5) is 0 Å². The Labute approximate surface area is 125 Å². The van der Waals surface area contributed by atoms with Crippen LogP contribution in [0.2, 0.25) is 0 Å². The Kier molecular flexibility index (Phi) is 3.79. The van der Waals surface area contributed by atoms with E-state index in [1.807, 2.05) is 48.5 Å². The molecule has 0 atom stereocenters. The standard InChI is InChI=1S/C15H13N3O2S/c1-20-11-7-3-5-9-13(11)21-12-8-4-2-6-10(12)14-16-15(19)18-17-14/h2-9H,1H3,(H2,16,17,18,19). The van der Waals surface area contributed by atoms with Crippen LogP contribution in [0.3, 0.4) is 0 Å². The normalized spacial score (nSPS) is 10.5. The van der Waals surface area contributed by atoms with Crippen molar-refractivity contribution in [1.82, 2.24) is 15.2 Å². The molecule has 0 aliphatic rings. The lowest BCUT2D eigenvalue weighted by Gasteiger charge is -2.10. The summed E-state index contributed by atoms with van der Waals surface area (Å²) < 4.78 is 5.37. The highest BCUT2D eigenvalue weighted by molar-refractivity contribution is 7.99. The fourth-order valence-corrected chi connectivity index (χ4v) is 3.03. The number of hydrogen-bond acceptors (Lipinski definition) is 4. The van der Waals surface area contributed by atoms with Crippen LogP contribution in [0.15, 0.2) is 63.1 Å². The minimum atomic E-state index is -0.318. The summed E-state index contributed by atoms with van der Waals surface area (Å²) in [6, 6.07) is 15.6. The molecular weight excluding hydrogens is 286 g/mol. The van der Waals surface area contributed by atoms with E-state index in [9.17, 15) is 4.79 Å². The number of aromatic amines is 2. The maximum Gasteiger partial charge on any atom is 0.340 e. The Balaban J connectivity index is 2.02. The third kappa shape index (κ3) is 2.85. The average molecular weight is 299 g/mol. The van der Waals surface area contributed by atoms with Crippen molar-refractivity contribution in [3.63, 3.8) is 0 Å². The maximum absolute atomic E-state index is 11.2. The van der Waals surface area contributed by atoms with Gasteiger partial charge < -0.3 is 4.74 Å². The molecule has 2 N–H and O–H groups in total. The molecule has 2 aromatic carbocycles. The van der Waals surface area contributed by atoms with E-state index < -0.39 is 0 Å². The molecule has 0 spiro atoms. The van der Waals surface area contributed by atoms with Crippen LogP contribution in [0.25, 0.3) is 11.4 Å². The molecule has 3 aromatic rings. The molecule has 0 saturated heterocycles. The summed E-state index contributed by atoms with van der Waals surface area (Å²) in [6.07, 6.45) is 0. The molecule has 0 aliphatic carbocycles. The zero-order chi connectivity index (χ0) is 14.7. The number of aromatic nitrogens is 3. The van der Waals surface area contributed by atoms with Crippen molar-refractivity contribution in [2.24, 2.45) is 0 Å². The number of rotatable bonds is 4. The molecule has 6 heteroatoms. The topological polar surface area (TPSA) is 70.8 Å². The van der Waals surface area contributed by atoms with Gasteiger partial charge in [-0.25, -0.2) is 9.89 Å². The van der Waals surface area contributed by atoms with Gasteiger partial charge in [0.2, 0.25) is 0 Å². The van der Waals surface area contributed by atoms with Gasteiger partial charge in [0.05, 0.1) is 12.0 Å². The van der Waals surface area contributed by atoms with Crippen molar-refractivity contribution >= 4 is 11.8 Å². The van der Waals surface area contributed by atoms with Crippen molar-refractivity contribution in [2.45, 2.75) is 9.79 Å². The first-order valence-corrected chi connectivity index (χ1v) is 7.14. The molecule has 0 saturated carbocycles. The van der Waals surface area contributed by atoms with Crippen LogP contribution >= 0.6 is 11.8 Å². The van der Waals surface area contributed by atoms with Crippen LogP contribution < -0.4 is 10.4 Å². The van der Waals surface area contributed by atoms with E-state index in [2.05, 4.69) is 15.2 Å². The Morgan fingerprint density at radius 1 is 1.05 bits per heavy atom. The van der Waals surface area contributed by atoms with Crippen LogP contribution in [-0.2, 0) is 0 Å². The SMILES string of the molecule is COc1ccccc1Sc1ccccc1-c1n[nH]c(=O)[nH]1. The summed E-state index contributed by atoms with van der Waals surface area (Å²) in [7, 11) is 1.65. The molecule has 0 unspecified atom stereocenters. The molecular formula is C15H13N3O2S. The zero-order valence-electron chi connectivity index (χ0n) is 11.3. The van der Waals surface area contributed by atoms with Gasteiger partial charge in [0, 0.05) is 10.5 Å². The number of para-hydroxylation sites is 1. The maximum atomic E-state index is 11.2. The number of benzene rings is 2. The average Bonchev–Trinajstić information content (AvgIpc) is 2.95. The van der Waals surface area contributed by atoms with Gasteiger partial charge in [0.1, 0.15) is 5.75 Å². The number of methoxy groups -OCH3 is 1. The smallest absolute Gasteiger partial charge is 0.340 e. The first kappa shape index (κ1) is 13.5. The van der Waals surface area contributed by atoms with E-state index in [0.717, 1.165) is 21.1 Å². The number of nitrogens with one attached hydrogen (secondary N) is 2. The first-order valence-electron chi connectivity index (χ1n) is 6.33. The zero-order valence-corrected chi connectivity index (χ0v) is 12.1. The van der Waals surface area contributed by atoms with Gasteiger partial charge in [-0.15, -0.1) is 0 Å². The Morgan fingerprint density at radius 3 is 2.48 bits per heavy atom. The molecule has 0 amide bonds. The van der Waals surface area contributed by atoms with E-state index in [1.165, 1.54) is 0 Å². The fourth-order valence-electron chi connectivity index (χ4n) is 1.97. The van der Waals surface area contributed by atoms with Gasteiger partial charge in [-0.1, -0.05) is 42.1 Å². The van der Waals surface area contributed by atoms with E-state index >= 15 is 0 Å².